The highest BCUT2D eigenvalue weighted by molar-refractivity contribution is 5.99. The van der Waals surface area contributed by atoms with Gasteiger partial charge in [0.1, 0.15) is 5.65 Å². The number of hydrogen-bond donors (Lipinski definition) is 2. The van der Waals surface area contributed by atoms with Gasteiger partial charge in [-0.15, -0.1) is 0 Å². The number of aromatic nitrogens is 5. The first-order chi connectivity index (χ1) is 16.1. The van der Waals surface area contributed by atoms with E-state index in [1.54, 1.807) is 20.2 Å². The maximum atomic E-state index is 11.7. The van der Waals surface area contributed by atoms with Crippen LogP contribution in [0, 0.1) is 11.8 Å². The Morgan fingerprint density at radius 2 is 2.00 bits per heavy atom. The number of likely N-dealkylation sites (tertiary alicyclic amines) is 1. The monoisotopic (exact) mass is 443 g/mol. The number of hydrogen-bond acceptors (Lipinski definition) is 7. The van der Waals surface area contributed by atoms with Crippen molar-refractivity contribution in [3.63, 3.8) is 0 Å². The molecule has 1 saturated heterocycles. The largest absolute Gasteiger partial charge is 0.480 e. The highest BCUT2D eigenvalue weighted by Crippen LogP contribution is 2.40. The number of benzene rings is 1. The van der Waals surface area contributed by atoms with Crippen molar-refractivity contribution in [2.24, 2.45) is 11.8 Å². The normalized spacial score (nSPS) is 22.1. The predicted octanol–water partition coefficient (Wildman–Crippen LogP) is 3.25. The molecule has 3 aromatic heterocycles. The first kappa shape index (κ1) is 19.9. The number of carbonyl (C=O) groups excluding carboxylic acids is 1. The summed E-state index contributed by atoms with van der Waals surface area (Å²) >= 11 is 0. The van der Waals surface area contributed by atoms with Gasteiger partial charge in [-0.05, 0) is 48.4 Å². The molecule has 1 aliphatic carbocycles. The maximum Gasteiger partial charge on any atom is 0.228 e. The highest BCUT2D eigenvalue weighted by atomic mass is 16.5. The Morgan fingerprint density at radius 3 is 2.76 bits per heavy atom. The van der Waals surface area contributed by atoms with E-state index in [-0.39, 0.29) is 5.91 Å². The van der Waals surface area contributed by atoms with Crippen molar-refractivity contribution >= 4 is 33.8 Å². The SMILES string of the molecule is COc1nc(N[C@@H]2C[C@@H]3CN(C(C)=O)C[C@@H]3C2)nc2[nH]cc(-c3ccc4nnccc4c3)c12. The van der Waals surface area contributed by atoms with Crippen LogP contribution in [0.3, 0.4) is 0 Å². The Labute approximate surface area is 190 Å². The number of fused-ring (bicyclic) bond motifs is 3. The summed E-state index contributed by atoms with van der Waals surface area (Å²) in [5.41, 5.74) is 3.59. The summed E-state index contributed by atoms with van der Waals surface area (Å²) in [6.07, 6.45) is 5.68. The van der Waals surface area contributed by atoms with Gasteiger partial charge in [-0.1, -0.05) is 6.07 Å². The lowest BCUT2D eigenvalue weighted by molar-refractivity contribution is -0.128. The number of amides is 1. The van der Waals surface area contributed by atoms with Crippen molar-refractivity contribution in [3.8, 4) is 17.0 Å². The molecule has 4 heterocycles. The molecular weight excluding hydrogens is 418 g/mol. The first-order valence-corrected chi connectivity index (χ1v) is 11.3. The predicted molar refractivity (Wildman–Crippen MR) is 125 cm³/mol. The number of methoxy groups -OCH3 is 1. The topological polar surface area (TPSA) is 109 Å². The second-order valence-electron chi connectivity index (χ2n) is 9.04. The van der Waals surface area contributed by atoms with Gasteiger partial charge >= 0.3 is 0 Å². The van der Waals surface area contributed by atoms with Gasteiger partial charge in [-0.25, -0.2) is 0 Å². The molecule has 2 N–H and O–H groups in total. The Bertz CT molecular complexity index is 1350. The van der Waals surface area contributed by atoms with E-state index < -0.39 is 0 Å². The van der Waals surface area contributed by atoms with E-state index in [0.29, 0.717) is 29.7 Å². The molecule has 2 aliphatic rings. The van der Waals surface area contributed by atoms with E-state index in [2.05, 4.69) is 31.5 Å². The Balaban J connectivity index is 1.28. The van der Waals surface area contributed by atoms with Gasteiger partial charge in [-0.2, -0.15) is 20.2 Å². The number of rotatable bonds is 4. The van der Waals surface area contributed by atoms with Crippen LogP contribution >= 0.6 is 0 Å². The van der Waals surface area contributed by atoms with E-state index in [9.17, 15) is 4.79 Å². The van der Waals surface area contributed by atoms with Crippen molar-refractivity contribution in [2.75, 3.05) is 25.5 Å². The number of nitrogens with zero attached hydrogens (tertiary/aromatic N) is 5. The summed E-state index contributed by atoms with van der Waals surface area (Å²) in [4.78, 5) is 26.4. The molecule has 0 unspecified atom stereocenters. The molecule has 1 amide bonds. The standard InChI is InChI=1S/C24H25N7O2/c1-13(32)31-11-16-8-18(9-17(16)12-31)27-24-28-22-21(23(29-24)33-2)19(10-25-22)14-3-4-20-15(7-14)5-6-26-30-20/h3-7,10,16-18H,8-9,11-12H2,1-2H3,(H2,25,27,28,29)/t16-,17+,18-. The van der Waals surface area contributed by atoms with Crippen molar-refractivity contribution < 1.29 is 9.53 Å². The molecule has 9 heteroatoms. The van der Waals surface area contributed by atoms with Crippen molar-refractivity contribution in [2.45, 2.75) is 25.8 Å². The lowest BCUT2D eigenvalue weighted by atomic mass is 10.0. The van der Waals surface area contributed by atoms with Gasteiger partial charge < -0.3 is 19.9 Å². The fourth-order valence-corrected chi connectivity index (χ4v) is 5.45. The minimum Gasteiger partial charge on any atom is -0.480 e. The highest BCUT2D eigenvalue weighted by Gasteiger charge is 2.41. The van der Waals surface area contributed by atoms with Crippen molar-refractivity contribution in [1.29, 1.82) is 0 Å². The molecule has 1 saturated carbocycles. The van der Waals surface area contributed by atoms with Crippen LogP contribution in [0.2, 0.25) is 0 Å². The lowest BCUT2D eigenvalue weighted by Gasteiger charge is -2.18. The van der Waals surface area contributed by atoms with Crippen molar-refractivity contribution in [3.05, 3.63) is 36.7 Å². The molecule has 0 spiro atoms. The van der Waals surface area contributed by atoms with Gasteiger partial charge in [0.05, 0.1) is 24.2 Å². The molecule has 3 atom stereocenters. The van der Waals surface area contributed by atoms with Crippen LogP contribution in [0.4, 0.5) is 5.95 Å². The van der Waals surface area contributed by atoms with E-state index in [1.807, 2.05) is 29.3 Å². The Kier molecular flexibility index (Phi) is 4.63. The van der Waals surface area contributed by atoms with Crippen LogP contribution < -0.4 is 10.1 Å². The number of nitrogens with one attached hydrogen (secondary N) is 2. The molecule has 0 radical (unpaired) electrons. The zero-order valence-electron chi connectivity index (χ0n) is 18.6. The minimum absolute atomic E-state index is 0.175. The molecule has 9 nitrogen and oxygen atoms in total. The summed E-state index contributed by atoms with van der Waals surface area (Å²) in [6.45, 7) is 3.38. The van der Waals surface area contributed by atoms with E-state index in [4.69, 9.17) is 9.72 Å². The van der Waals surface area contributed by atoms with Crippen LogP contribution in [0.1, 0.15) is 19.8 Å². The number of anilines is 1. The smallest absolute Gasteiger partial charge is 0.228 e. The van der Waals surface area contributed by atoms with Gasteiger partial charge in [0, 0.05) is 43.2 Å². The Hall–Kier alpha value is -3.75. The van der Waals surface area contributed by atoms with Gasteiger partial charge in [-0.3, -0.25) is 4.79 Å². The summed E-state index contributed by atoms with van der Waals surface area (Å²) in [7, 11) is 1.63. The Morgan fingerprint density at radius 1 is 1.18 bits per heavy atom. The third kappa shape index (κ3) is 3.44. The number of ether oxygens (including phenoxy) is 1. The zero-order valence-corrected chi connectivity index (χ0v) is 18.6. The van der Waals surface area contributed by atoms with Crippen LogP contribution in [0.15, 0.2) is 36.7 Å². The molecule has 168 valence electrons. The van der Waals surface area contributed by atoms with E-state index in [0.717, 1.165) is 59.0 Å². The number of carbonyl (C=O) groups is 1. The van der Waals surface area contributed by atoms with Crippen molar-refractivity contribution in [1.82, 2.24) is 30.0 Å². The third-order valence-corrected chi connectivity index (χ3v) is 7.05. The minimum atomic E-state index is 0.175. The average molecular weight is 444 g/mol. The van der Waals surface area contributed by atoms with Crippen LogP contribution in [0.5, 0.6) is 5.88 Å². The molecule has 2 fully saturated rings. The summed E-state index contributed by atoms with van der Waals surface area (Å²) in [6, 6.07) is 8.31. The maximum absolute atomic E-state index is 11.7. The van der Waals surface area contributed by atoms with Crippen LogP contribution in [-0.4, -0.2) is 62.2 Å². The fourth-order valence-electron chi connectivity index (χ4n) is 5.45. The third-order valence-electron chi connectivity index (χ3n) is 7.05. The first-order valence-electron chi connectivity index (χ1n) is 11.3. The number of H-pyrrole nitrogens is 1. The lowest BCUT2D eigenvalue weighted by Crippen LogP contribution is -2.29. The molecule has 1 aliphatic heterocycles. The summed E-state index contributed by atoms with van der Waals surface area (Å²) in [5, 5.41) is 13.5. The fraction of sp³-hybridized carbons (Fsp3) is 0.375. The second-order valence-corrected chi connectivity index (χ2v) is 9.04. The van der Waals surface area contributed by atoms with Crippen LogP contribution in [-0.2, 0) is 4.79 Å². The van der Waals surface area contributed by atoms with E-state index in [1.165, 1.54) is 0 Å². The molecule has 6 rings (SSSR count). The average Bonchev–Trinajstić information content (AvgIpc) is 3.51. The molecular formula is C24H25N7O2. The second kappa shape index (κ2) is 7.68. The molecule has 4 aromatic rings. The van der Waals surface area contributed by atoms with Gasteiger partial charge in [0.15, 0.2) is 0 Å². The van der Waals surface area contributed by atoms with Gasteiger partial charge in [0.25, 0.3) is 0 Å². The zero-order chi connectivity index (χ0) is 22.5. The summed E-state index contributed by atoms with van der Waals surface area (Å²) in [5.74, 6) is 2.37. The van der Waals surface area contributed by atoms with Gasteiger partial charge in [0.2, 0.25) is 17.7 Å². The molecule has 0 bridgehead atoms. The van der Waals surface area contributed by atoms with Crippen LogP contribution in [0.25, 0.3) is 33.1 Å². The molecule has 33 heavy (non-hydrogen) atoms. The van der Waals surface area contributed by atoms with E-state index >= 15 is 0 Å². The number of aromatic amines is 1. The summed E-state index contributed by atoms with van der Waals surface area (Å²) < 4.78 is 5.68. The molecule has 1 aromatic carbocycles. The quantitative estimate of drug-likeness (QED) is 0.498.